The molecule has 130 valence electrons. The summed E-state index contributed by atoms with van der Waals surface area (Å²) < 4.78 is 1.91. The molecule has 0 saturated heterocycles. The van der Waals surface area contributed by atoms with Crippen LogP contribution < -0.4 is 4.90 Å². The van der Waals surface area contributed by atoms with Gasteiger partial charge in [-0.25, -0.2) is 4.98 Å². The summed E-state index contributed by atoms with van der Waals surface area (Å²) >= 11 is 6.13. The Labute approximate surface area is 151 Å². The maximum Gasteiger partial charge on any atom is 0.158 e. The highest BCUT2D eigenvalue weighted by molar-refractivity contribution is 6.30. The minimum atomic E-state index is 0.109. The summed E-state index contributed by atoms with van der Waals surface area (Å²) in [7, 11) is 2.00. The number of benzene rings is 1. The van der Waals surface area contributed by atoms with Gasteiger partial charge in [-0.3, -0.25) is 0 Å². The molecule has 3 aromatic rings. The summed E-state index contributed by atoms with van der Waals surface area (Å²) in [6, 6.07) is 9.72. The van der Waals surface area contributed by atoms with E-state index in [1.54, 1.807) is 0 Å². The van der Waals surface area contributed by atoms with Crippen LogP contribution in [-0.4, -0.2) is 39.9 Å². The second-order valence-corrected chi connectivity index (χ2v) is 6.96. The van der Waals surface area contributed by atoms with Crippen molar-refractivity contribution in [3.63, 3.8) is 0 Å². The number of fused-ring (bicyclic) bond motifs is 2. The number of rotatable bonds is 4. The predicted octanol–water partition coefficient (Wildman–Crippen LogP) is 3.36. The van der Waals surface area contributed by atoms with Gasteiger partial charge in [-0.15, -0.1) is 0 Å². The Morgan fingerprint density at radius 1 is 1.24 bits per heavy atom. The number of aryl methyl sites for hydroxylation is 1. The number of anilines is 1. The third-order valence-electron chi connectivity index (χ3n) is 4.77. The van der Waals surface area contributed by atoms with Crippen LogP contribution in [0.5, 0.6) is 0 Å². The molecule has 0 spiro atoms. The van der Waals surface area contributed by atoms with E-state index in [0.29, 0.717) is 11.6 Å². The van der Waals surface area contributed by atoms with Crippen molar-refractivity contribution in [2.45, 2.75) is 25.7 Å². The molecule has 2 heterocycles. The van der Waals surface area contributed by atoms with Crippen LogP contribution in [-0.2, 0) is 12.8 Å². The average molecular weight is 357 g/mol. The fourth-order valence-electron chi connectivity index (χ4n) is 3.56. The van der Waals surface area contributed by atoms with Gasteiger partial charge in [-0.1, -0.05) is 23.7 Å². The largest absolute Gasteiger partial charge is 0.395 e. The standard InChI is InChI=1S/C19H21ClN4O/c1-23(9-10-25)19-15-7-2-3-8-16(15)21-18-12-17(22-24(18)19)13-5-4-6-14(20)11-13/h4-6,11-12,25H,2-3,7-10H2,1H3. The van der Waals surface area contributed by atoms with E-state index in [1.165, 1.54) is 18.4 Å². The van der Waals surface area contributed by atoms with Gasteiger partial charge in [0.2, 0.25) is 0 Å². The minimum absolute atomic E-state index is 0.109. The SMILES string of the molecule is CN(CCO)c1c2c(nc3cc(-c4cccc(Cl)c4)nn13)CCCC2. The summed E-state index contributed by atoms with van der Waals surface area (Å²) in [4.78, 5) is 6.94. The first kappa shape index (κ1) is 16.4. The molecule has 0 unspecified atom stereocenters. The molecule has 1 aromatic carbocycles. The third kappa shape index (κ3) is 2.98. The zero-order chi connectivity index (χ0) is 17.4. The van der Waals surface area contributed by atoms with E-state index in [-0.39, 0.29) is 6.61 Å². The predicted molar refractivity (Wildman–Crippen MR) is 100 cm³/mol. The minimum Gasteiger partial charge on any atom is -0.395 e. The van der Waals surface area contributed by atoms with E-state index in [2.05, 4.69) is 4.90 Å². The van der Waals surface area contributed by atoms with E-state index in [9.17, 15) is 5.11 Å². The molecule has 5 nitrogen and oxygen atoms in total. The normalized spacial score (nSPS) is 13.9. The van der Waals surface area contributed by atoms with Gasteiger partial charge >= 0.3 is 0 Å². The molecule has 25 heavy (non-hydrogen) atoms. The molecule has 6 heteroatoms. The number of aromatic nitrogens is 3. The summed E-state index contributed by atoms with van der Waals surface area (Å²) in [6.45, 7) is 0.676. The van der Waals surface area contributed by atoms with E-state index in [1.807, 2.05) is 41.9 Å². The highest BCUT2D eigenvalue weighted by atomic mass is 35.5. The van der Waals surface area contributed by atoms with Crippen LogP contribution in [0.4, 0.5) is 5.82 Å². The Kier molecular flexibility index (Phi) is 4.36. The quantitative estimate of drug-likeness (QED) is 0.778. The first-order chi connectivity index (χ1) is 12.2. The van der Waals surface area contributed by atoms with E-state index >= 15 is 0 Å². The molecule has 0 saturated carbocycles. The molecule has 0 amide bonds. The van der Waals surface area contributed by atoms with Gasteiger partial charge in [0.1, 0.15) is 5.82 Å². The number of nitrogens with zero attached hydrogens (tertiary/aromatic N) is 4. The van der Waals surface area contributed by atoms with Crippen LogP contribution in [0.1, 0.15) is 24.1 Å². The maximum atomic E-state index is 9.39. The number of aliphatic hydroxyl groups excluding tert-OH is 1. The first-order valence-electron chi connectivity index (χ1n) is 8.67. The van der Waals surface area contributed by atoms with Crippen LogP contribution in [0.25, 0.3) is 16.9 Å². The zero-order valence-electron chi connectivity index (χ0n) is 14.2. The lowest BCUT2D eigenvalue weighted by atomic mass is 9.96. The molecule has 1 aliphatic carbocycles. The van der Waals surface area contributed by atoms with Gasteiger partial charge in [0.15, 0.2) is 5.65 Å². The number of hydrogen-bond donors (Lipinski definition) is 1. The molecular formula is C19H21ClN4O. The van der Waals surface area contributed by atoms with Gasteiger partial charge in [-0.05, 0) is 37.8 Å². The number of likely N-dealkylation sites (N-methyl/N-ethyl adjacent to an activating group) is 1. The number of aliphatic hydroxyl groups is 1. The molecule has 0 atom stereocenters. The lowest BCUT2D eigenvalue weighted by Gasteiger charge is -2.26. The molecule has 0 aliphatic heterocycles. The third-order valence-corrected chi connectivity index (χ3v) is 5.00. The Bertz CT molecular complexity index is 921. The summed E-state index contributed by atoms with van der Waals surface area (Å²) in [5, 5.41) is 14.9. The highest BCUT2D eigenvalue weighted by Gasteiger charge is 2.22. The lowest BCUT2D eigenvalue weighted by Crippen LogP contribution is -2.27. The Morgan fingerprint density at radius 2 is 2.08 bits per heavy atom. The smallest absolute Gasteiger partial charge is 0.158 e. The van der Waals surface area contributed by atoms with Crippen molar-refractivity contribution in [1.82, 2.24) is 14.6 Å². The molecular weight excluding hydrogens is 336 g/mol. The van der Waals surface area contributed by atoms with Crippen molar-refractivity contribution < 1.29 is 5.11 Å². The second kappa shape index (κ2) is 6.65. The maximum absolute atomic E-state index is 9.39. The lowest BCUT2D eigenvalue weighted by molar-refractivity contribution is 0.303. The fourth-order valence-corrected chi connectivity index (χ4v) is 3.75. The number of halogens is 1. The molecule has 0 radical (unpaired) electrons. The summed E-state index contributed by atoms with van der Waals surface area (Å²) in [5.74, 6) is 1.04. The molecule has 1 aliphatic rings. The Balaban J connectivity index is 1.92. The van der Waals surface area contributed by atoms with Crippen molar-refractivity contribution in [3.05, 3.63) is 46.6 Å². The first-order valence-corrected chi connectivity index (χ1v) is 9.04. The summed E-state index contributed by atoms with van der Waals surface area (Å²) in [6.07, 6.45) is 4.36. The van der Waals surface area contributed by atoms with Crippen molar-refractivity contribution in [2.24, 2.45) is 0 Å². The number of hydrogen-bond acceptors (Lipinski definition) is 4. The molecule has 2 aromatic heterocycles. The van der Waals surface area contributed by atoms with Crippen LogP contribution in [0.2, 0.25) is 5.02 Å². The summed E-state index contributed by atoms with van der Waals surface area (Å²) in [5.41, 5.74) is 5.10. The van der Waals surface area contributed by atoms with Crippen molar-refractivity contribution in [3.8, 4) is 11.3 Å². The molecule has 0 fully saturated rings. The Morgan fingerprint density at radius 3 is 2.88 bits per heavy atom. The van der Waals surface area contributed by atoms with Crippen LogP contribution in [0.3, 0.4) is 0 Å². The van der Waals surface area contributed by atoms with Gasteiger partial charge in [-0.2, -0.15) is 9.61 Å². The van der Waals surface area contributed by atoms with Gasteiger partial charge in [0.05, 0.1) is 12.3 Å². The Hall–Kier alpha value is -2.11. The van der Waals surface area contributed by atoms with Gasteiger partial charge in [0, 0.05) is 41.5 Å². The van der Waals surface area contributed by atoms with Crippen LogP contribution >= 0.6 is 11.6 Å². The zero-order valence-corrected chi connectivity index (χ0v) is 15.0. The van der Waals surface area contributed by atoms with E-state index in [0.717, 1.165) is 41.3 Å². The molecule has 0 bridgehead atoms. The van der Waals surface area contributed by atoms with Crippen molar-refractivity contribution in [1.29, 1.82) is 0 Å². The monoisotopic (exact) mass is 356 g/mol. The van der Waals surface area contributed by atoms with Crippen LogP contribution in [0, 0.1) is 0 Å². The van der Waals surface area contributed by atoms with Crippen LogP contribution in [0.15, 0.2) is 30.3 Å². The van der Waals surface area contributed by atoms with Crippen molar-refractivity contribution in [2.75, 3.05) is 25.1 Å². The molecule has 4 rings (SSSR count). The topological polar surface area (TPSA) is 53.7 Å². The highest BCUT2D eigenvalue weighted by Crippen LogP contribution is 2.31. The average Bonchev–Trinajstić information content (AvgIpc) is 3.03. The fraction of sp³-hybridized carbons (Fsp3) is 0.368. The van der Waals surface area contributed by atoms with E-state index in [4.69, 9.17) is 21.7 Å². The van der Waals surface area contributed by atoms with Crippen molar-refractivity contribution >= 4 is 23.1 Å². The van der Waals surface area contributed by atoms with E-state index < -0.39 is 0 Å². The molecule has 1 N–H and O–H groups in total. The van der Waals surface area contributed by atoms with Gasteiger partial charge < -0.3 is 10.0 Å². The van der Waals surface area contributed by atoms with Gasteiger partial charge in [0.25, 0.3) is 0 Å². The second-order valence-electron chi connectivity index (χ2n) is 6.52.